The van der Waals surface area contributed by atoms with Gasteiger partial charge in [0.25, 0.3) is 5.91 Å². The highest BCUT2D eigenvalue weighted by Crippen LogP contribution is 2.22. The van der Waals surface area contributed by atoms with E-state index < -0.39 is 29.6 Å². The van der Waals surface area contributed by atoms with E-state index in [1.807, 2.05) is 5.32 Å². The van der Waals surface area contributed by atoms with Crippen molar-refractivity contribution in [2.24, 2.45) is 0 Å². The third-order valence-electron chi connectivity index (χ3n) is 4.95. The van der Waals surface area contributed by atoms with Crippen molar-refractivity contribution in [1.82, 2.24) is 15.5 Å². The Balaban J connectivity index is 1.37. The number of hydrogen-bond acceptors (Lipinski definition) is 5. The zero-order chi connectivity index (χ0) is 24.2. The van der Waals surface area contributed by atoms with E-state index in [1.165, 1.54) is 36.4 Å². The van der Waals surface area contributed by atoms with Crippen LogP contribution in [0.2, 0.25) is 0 Å². The van der Waals surface area contributed by atoms with Gasteiger partial charge in [0.05, 0.1) is 12.1 Å². The molecule has 3 aromatic rings. The second-order valence-electron chi connectivity index (χ2n) is 7.35. The van der Waals surface area contributed by atoms with Gasteiger partial charge in [0.15, 0.2) is 0 Å². The van der Waals surface area contributed by atoms with Crippen LogP contribution in [-0.2, 0) is 22.7 Å². The molecule has 0 spiro atoms. The normalized spacial score (nSPS) is 13.1. The van der Waals surface area contributed by atoms with Gasteiger partial charge in [-0.25, -0.2) is 13.6 Å². The summed E-state index contributed by atoms with van der Waals surface area (Å²) in [7, 11) is 0. The fourth-order valence-electron chi connectivity index (χ4n) is 3.20. The highest BCUT2D eigenvalue weighted by Gasteiger charge is 2.36. The van der Waals surface area contributed by atoms with Crippen LogP contribution in [0.4, 0.5) is 13.6 Å². The summed E-state index contributed by atoms with van der Waals surface area (Å²) in [6.45, 7) is -0.187. The van der Waals surface area contributed by atoms with E-state index in [-0.39, 0.29) is 24.5 Å². The maximum absolute atomic E-state index is 14.2. The van der Waals surface area contributed by atoms with Gasteiger partial charge in [-0.05, 0) is 59.7 Å². The first-order valence-corrected chi connectivity index (χ1v) is 10.1. The molecule has 3 aromatic carbocycles. The van der Waals surface area contributed by atoms with E-state index in [4.69, 9.17) is 4.74 Å². The van der Waals surface area contributed by atoms with Crippen LogP contribution in [0.3, 0.4) is 0 Å². The van der Waals surface area contributed by atoms with Crippen LogP contribution < -0.4 is 15.4 Å². The first-order chi connectivity index (χ1) is 16.3. The largest absolute Gasteiger partial charge is 0.457 e. The van der Waals surface area contributed by atoms with Crippen LogP contribution in [0.5, 0.6) is 11.5 Å². The molecule has 5 amide bonds. The molecule has 0 atom stereocenters. The molecule has 34 heavy (non-hydrogen) atoms. The summed E-state index contributed by atoms with van der Waals surface area (Å²) in [4.78, 5) is 47.9. The van der Waals surface area contributed by atoms with E-state index in [1.54, 1.807) is 24.3 Å². The second kappa shape index (κ2) is 9.49. The number of halogens is 2. The molecule has 172 valence electrons. The quantitative estimate of drug-likeness (QED) is 0.412. The van der Waals surface area contributed by atoms with Crippen LogP contribution in [0.1, 0.15) is 21.5 Å². The Kier molecular flexibility index (Phi) is 6.30. The van der Waals surface area contributed by atoms with Gasteiger partial charge in [-0.3, -0.25) is 24.6 Å². The third-order valence-corrected chi connectivity index (χ3v) is 4.95. The van der Waals surface area contributed by atoms with Crippen LogP contribution in [0.25, 0.3) is 0 Å². The number of ether oxygens (including phenoxy) is 1. The predicted molar refractivity (Wildman–Crippen MR) is 115 cm³/mol. The van der Waals surface area contributed by atoms with E-state index in [2.05, 4.69) is 5.32 Å². The van der Waals surface area contributed by atoms with Crippen molar-refractivity contribution in [3.05, 3.63) is 95.1 Å². The molecule has 1 saturated heterocycles. The molecular weight excluding hydrogens is 448 g/mol. The Morgan fingerprint density at radius 3 is 2.12 bits per heavy atom. The number of nitrogens with one attached hydrogen (secondary N) is 2. The lowest BCUT2D eigenvalue weighted by atomic mass is 10.1. The average molecular weight is 465 g/mol. The number of carbonyl (C=O) groups excluding carboxylic acids is 4. The topological polar surface area (TPSA) is 105 Å². The van der Waals surface area contributed by atoms with Gasteiger partial charge in [0.1, 0.15) is 23.1 Å². The fourth-order valence-corrected chi connectivity index (χ4v) is 3.20. The standard InChI is InChI=1S/C24H17F2N3O5/c25-16-4-8-18(9-5-16)34-17-6-1-14(2-7-17)12-27-21(30)19-11-15(3-10-20(19)26)13-29-23(32)22(31)28-24(29)33/h1-11H,12-13H2,(H,27,30)(H,28,31,33). The van der Waals surface area contributed by atoms with Gasteiger partial charge < -0.3 is 10.1 Å². The monoisotopic (exact) mass is 465 g/mol. The molecule has 2 N–H and O–H groups in total. The van der Waals surface area contributed by atoms with Gasteiger partial charge >= 0.3 is 17.8 Å². The highest BCUT2D eigenvalue weighted by molar-refractivity contribution is 6.44. The highest BCUT2D eigenvalue weighted by atomic mass is 19.1. The first-order valence-electron chi connectivity index (χ1n) is 10.1. The summed E-state index contributed by atoms with van der Waals surface area (Å²) in [5.74, 6) is -2.93. The molecule has 0 bridgehead atoms. The van der Waals surface area contributed by atoms with Crippen molar-refractivity contribution in [3.63, 3.8) is 0 Å². The zero-order valence-corrected chi connectivity index (χ0v) is 17.5. The Morgan fingerprint density at radius 2 is 1.50 bits per heavy atom. The summed E-state index contributed by atoms with van der Waals surface area (Å²) >= 11 is 0. The van der Waals surface area contributed by atoms with Gasteiger partial charge in [-0.15, -0.1) is 0 Å². The average Bonchev–Trinajstić information content (AvgIpc) is 3.07. The number of hydrogen-bond donors (Lipinski definition) is 2. The first kappa shape index (κ1) is 22.6. The van der Waals surface area contributed by atoms with Gasteiger partial charge in [-0.1, -0.05) is 18.2 Å². The maximum Gasteiger partial charge on any atom is 0.331 e. The Morgan fingerprint density at radius 1 is 0.882 bits per heavy atom. The lowest BCUT2D eigenvalue weighted by Gasteiger charge is -2.13. The number of carbonyl (C=O) groups is 4. The van der Waals surface area contributed by atoms with Crippen LogP contribution in [-0.4, -0.2) is 28.7 Å². The third kappa shape index (κ3) is 5.07. The number of imide groups is 2. The van der Waals surface area contributed by atoms with Gasteiger partial charge in [0, 0.05) is 6.54 Å². The lowest BCUT2D eigenvalue weighted by molar-refractivity contribution is -0.140. The molecule has 8 nitrogen and oxygen atoms in total. The summed E-state index contributed by atoms with van der Waals surface area (Å²) in [6.07, 6.45) is 0. The predicted octanol–water partition coefficient (Wildman–Crippen LogP) is 3.27. The van der Waals surface area contributed by atoms with Crippen molar-refractivity contribution >= 4 is 23.8 Å². The minimum absolute atomic E-state index is 0.0981. The molecule has 0 unspecified atom stereocenters. The molecule has 0 aromatic heterocycles. The number of nitrogens with zero attached hydrogens (tertiary/aromatic N) is 1. The molecule has 1 fully saturated rings. The molecule has 0 radical (unpaired) electrons. The summed E-state index contributed by atoms with van der Waals surface area (Å²) < 4.78 is 32.8. The summed E-state index contributed by atoms with van der Waals surface area (Å²) in [5.41, 5.74) is 0.744. The number of benzene rings is 3. The van der Waals surface area contributed by atoms with Gasteiger partial charge in [-0.2, -0.15) is 0 Å². The summed E-state index contributed by atoms with van der Waals surface area (Å²) in [6, 6.07) is 15.0. The van der Waals surface area contributed by atoms with Crippen molar-refractivity contribution in [3.8, 4) is 11.5 Å². The SMILES string of the molecule is O=C1NC(=O)N(Cc2ccc(F)c(C(=O)NCc3ccc(Oc4ccc(F)cc4)cc3)c2)C1=O. The van der Waals surface area contributed by atoms with Crippen LogP contribution >= 0.6 is 0 Å². The molecule has 1 aliphatic heterocycles. The molecule has 1 aliphatic rings. The van der Waals surface area contributed by atoms with Gasteiger partial charge in [0.2, 0.25) is 0 Å². The number of rotatable bonds is 7. The smallest absolute Gasteiger partial charge is 0.331 e. The minimum atomic E-state index is -1.04. The maximum atomic E-state index is 14.2. The fraction of sp³-hybridized carbons (Fsp3) is 0.0833. The van der Waals surface area contributed by atoms with E-state index in [9.17, 15) is 28.0 Å². The Bertz CT molecular complexity index is 1280. The summed E-state index contributed by atoms with van der Waals surface area (Å²) in [5, 5.41) is 4.47. The molecular formula is C24H17F2N3O5. The Hall–Kier alpha value is -4.60. The van der Waals surface area contributed by atoms with E-state index in [0.717, 1.165) is 6.07 Å². The molecule has 4 rings (SSSR count). The molecule has 10 heteroatoms. The second-order valence-corrected chi connectivity index (χ2v) is 7.35. The van der Waals surface area contributed by atoms with E-state index in [0.29, 0.717) is 27.5 Å². The van der Waals surface area contributed by atoms with Crippen molar-refractivity contribution in [1.29, 1.82) is 0 Å². The number of amides is 5. The van der Waals surface area contributed by atoms with E-state index >= 15 is 0 Å². The zero-order valence-electron chi connectivity index (χ0n) is 17.5. The number of urea groups is 1. The lowest BCUT2D eigenvalue weighted by Crippen LogP contribution is -2.30. The van der Waals surface area contributed by atoms with Crippen LogP contribution in [0, 0.1) is 11.6 Å². The van der Waals surface area contributed by atoms with Crippen LogP contribution in [0.15, 0.2) is 66.7 Å². The molecule has 1 heterocycles. The molecule has 0 saturated carbocycles. The van der Waals surface area contributed by atoms with Crippen molar-refractivity contribution in [2.75, 3.05) is 0 Å². The van der Waals surface area contributed by atoms with Crippen molar-refractivity contribution < 1.29 is 32.7 Å². The Labute approximate surface area is 192 Å². The molecule has 0 aliphatic carbocycles. The van der Waals surface area contributed by atoms with Crippen molar-refractivity contribution in [2.45, 2.75) is 13.1 Å². The minimum Gasteiger partial charge on any atom is -0.457 e.